The lowest BCUT2D eigenvalue weighted by molar-refractivity contribution is -0.384. The van der Waals surface area contributed by atoms with Gasteiger partial charge in [-0.1, -0.05) is 48.0 Å². The molecule has 1 aromatic heterocycles. The molecule has 0 saturated heterocycles. The Morgan fingerprint density at radius 2 is 1.53 bits per heavy atom. The van der Waals surface area contributed by atoms with Gasteiger partial charge in [0, 0.05) is 23.4 Å². The van der Waals surface area contributed by atoms with Gasteiger partial charge in [-0.3, -0.25) is 14.7 Å². The van der Waals surface area contributed by atoms with Crippen LogP contribution >= 0.6 is 0 Å². The molecule has 0 bridgehead atoms. The molecule has 7 nitrogen and oxygen atoms in total. The average molecular weight is 419 g/mol. The summed E-state index contributed by atoms with van der Waals surface area (Å²) in [5.41, 5.74) is 2.53. The summed E-state index contributed by atoms with van der Waals surface area (Å²) >= 11 is 0. The van der Waals surface area contributed by atoms with Crippen molar-refractivity contribution in [1.29, 1.82) is 0 Å². The van der Waals surface area contributed by atoms with Gasteiger partial charge in [0.15, 0.2) is 5.03 Å². The standard InChI is InChI=1S/C22H17N3O4S/c1-16-7-13-20(14-8-16)30(28,29)22-21(17-5-3-2-4-6-17)24(15-23-22)18-9-11-19(12-10-18)25(26)27/h2-15H,1H3. The Bertz CT molecular complexity index is 1310. The Hall–Kier alpha value is -3.78. The van der Waals surface area contributed by atoms with E-state index in [1.54, 1.807) is 53.1 Å². The van der Waals surface area contributed by atoms with Crippen molar-refractivity contribution in [3.63, 3.8) is 0 Å². The van der Waals surface area contributed by atoms with E-state index in [1.807, 2.05) is 25.1 Å². The summed E-state index contributed by atoms with van der Waals surface area (Å²) in [4.78, 5) is 14.9. The van der Waals surface area contributed by atoms with E-state index in [0.29, 0.717) is 16.9 Å². The van der Waals surface area contributed by atoms with Crippen LogP contribution in [-0.4, -0.2) is 22.9 Å². The third-order valence-electron chi connectivity index (χ3n) is 4.71. The van der Waals surface area contributed by atoms with Crippen LogP contribution in [0.5, 0.6) is 0 Å². The molecule has 0 N–H and O–H groups in total. The molecule has 0 fully saturated rings. The highest BCUT2D eigenvalue weighted by molar-refractivity contribution is 7.91. The van der Waals surface area contributed by atoms with E-state index in [9.17, 15) is 18.5 Å². The molecular formula is C22H17N3O4S. The lowest BCUT2D eigenvalue weighted by Gasteiger charge is -2.11. The monoisotopic (exact) mass is 419 g/mol. The van der Waals surface area contributed by atoms with Crippen LogP contribution in [0.25, 0.3) is 16.9 Å². The molecule has 30 heavy (non-hydrogen) atoms. The van der Waals surface area contributed by atoms with Crippen molar-refractivity contribution in [3.8, 4) is 16.9 Å². The largest absolute Gasteiger partial charge is 0.298 e. The van der Waals surface area contributed by atoms with Gasteiger partial charge in [-0.25, -0.2) is 13.4 Å². The number of aryl methyl sites for hydroxylation is 1. The van der Waals surface area contributed by atoms with Crippen molar-refractivity contribution in [2.24, 2.45) is 0 Å². The van der Waals surface area contributed by atoms with Gasteiger partial charge in [0.05, 0.1) is 15.5 Å². The second-order valence-corrected chi connectivity index (χ2v) is 8.59. The molecule has 150 valence electrons. The number of non-ortho nitro benzene ring substituents is 1. The number of nitro benzene ring substituents is 1. The minimum atomic E-state index is -3.88. The van der Waals surface area contributed by atoms with Crippen LogP contribution in [0.1, 0.15) is 5.56 Å². The number of hydrogen-bond donors (Lipinski definition) is 0. The highest BCUT2D eigenvalue weighted by Gasteiger charge is 2.27. The summed E-state index contributed by atoms with van der Waals surface area (Å²) in [5.74, 6) is 0. The van der Waals surface area contributed by atoms with Gasteiger partial charge >= 0.3 is 0 Å². The summed E-state index contributed by atoms with van der Waals surface area (Å²) < 4.78 is 28.3. The molecule has 0 aliphatic carbocycles. The molecular weight excluding hydrogens is 402 g/mol. The van der Waals surface area contributed by atoms with Crippen molar-refractivity contribution in [3.05, 3.63) is 101 Å². The number of imidazole rings is 1. The Balaban J connectivity index is 1.92. The zero-order chi connectivity index (χ0) is 21.3. The second-order valence-electron chi connectivity index (χ2n) is 6.72. The average Bonchev–Trinajstić information content (AvgIpc) is 3.21. The molecule has 0 amide bonds. The van der Waals surface area contributed by atoms with Crippen molar-refractivity contribution >= 4 is 15.5 Å². The van der Waals surface area contributed by atoms with Crippen molar-refractivity contribution in [1.82, 2.24) is 9.55 Å². The number of aromatic nitrogens is 2. The van der Waals surface area contributed by atoms with Crippen LogP contribution < -0.4 is 0 Å². The van der Waals surface area contributed by atoms with E-state index >= 15 is 0 Å². The molecule has 1 heterocycles. The molecule has 0 radical (unpaired) electrons. The van der Waals surface area contributed by atoms with Crippen molar-refractivity contribution < 1.29 is 13.3 Å². The van der Waals surface area contributed by atoms with E-state index in [4.69, 9.17) is 0 Å². The maximum atomic E-state index is 13.4. The second kappa shape index (κ2) is 7.57. The van der Waals surface area contributed by atoms with Gasteiger partial charge in [-0.2, -0.15) is 0 Å². The Morgan fingerprint density at radius 3 is 2.13 bits per heavy atom. The molecule has 0 atom stereocenters. The summed E-state index contributed by atoms with van der Waals surface area (Å²) in [6.07, 6.45) is 1.42. The normalized spacial score (nSPS) is 11.4. The zero-order valence-corrected chi connectivity index (χ0v) is 16.8. The highest BCUT2D eigenvalue weighted by atomic mass is 32.2. The van der Waals surface area contributed by atoms with Gasteiger partial charge in [-0.15, -0.1) is 0 Å². The first-order chi connectivity index (χ1) is 14.4. The van der Waals surface area contributed by atoms with Crippen molar-refractivity contribution in [2.45, 2.75) is 16.8 Å². The summed E-state index contributed by atoms with van der Waals surface area (Å²) in [5, 5.41) is 10.9. The smallest absolute Gasteiger partial charge is 0.269 e. The van der Waals surface area contributed by atoms with Crippen LogP contribution in [-0.2, 0) is 9.84 Å². The lowest BCUT2D eigenvalue weighted by atomic mass is 10.1. The number of sulfone groups is 1. The Kier molecular flexibility index (Phi) is 4.93. The van der Waals surface area contributed by atoms with E-state index < -0.39 is 14.8 Å². The molecule has 3 aromatic carbocycles. The van der Waals surface area contributed by atoms with Crippen molar-refractivity contribution in [2.75, 3.05) is 0 Å². The molecule has 8 heteroatoms. The fourth-order valence-corrected chi connectivity index (χ4v) is 4.52. The summed E-state index contributed by atoms with van der Waals surface area (Å²) in [7, 11) is -3.88. The third-order valence-corrected chi connectivity index (χ3v) is 6.41. The molecule has 0 saturated carbocycles. The molecule has 4 aromatic rings. The fourth-order valence-electron chi connectivity index (χ4n) is 3.15. The number of hydrogen-bond acceptors (Lipinski definition) is 5. The van der Waals surface area contributed by atoms with Gasteiger partial charge in [-0.05, 0) is 31.2 Å². The first kappa shape index (κ1) is 19.5. The third kappa shape index (κ3) is 3.48. The van der Waals surface area contributed by atoms with Gasteiger partial charge < -0.3 is 0 Å². The Labute approximate surface area is 173 Å². The zero-order valence-electron chi connectivity index (χ0n) is 16.0. The Morgan fingerprint density at radius 1 is 0.900 bits per heavy atom. The first-order valence-electron chi connectivity index (χ1n) is 9.07. The molecule has 0 spiro atoms. The number of benzene rings is 3. The number of nitro groups is 1. The lowest BCUT2D eigenvalue weighted by Crippen LogP contribution is -2.06. The van der Waals surface area contributed by atoms with E-state index in [0.717, 1.165) is 5.56 Å². The van der Waals surface area contributed by atoms with E-state index in [-0.39, 0.29) is 15.6 Å². The summed E-state index contributed by atoms with van der Waals surface area (Å²) in [6.45, 7) is 1.88. The van der Waals surface area contributed by atoms with Crippen LogP contribution in [0.2, 0.25) is 0 Å². The summed E-state index contributed by atoms with van der Waals surface area (Å²) in [6, 6.07) is 21.5. The van der Waals surface area contributed by atoms with E-state index in [1.165, 1.54) is 18.5 Å². The maximum absolute atomic E-state index is 13.4. The highest BCUT2D eigenvalue weighted by Crippen LogP contribution is 2.33. The molecule has 4 rings (SSSR count). The minimum Gasteiger partial charge on any atom is -0.298 e. The maximum Gasteiger partial charge on any atom is 0.269 e. The van der Waals surface area contributed by atoms with E-state index in [2.05, 4.69) is 4.98 Å². The van der Waals surface area contributed by atoms with Gasteiger partial charge in [0.25, 0.3) is 5.69 Å². The van der Waals surface area contributed by atoms with Crippen LogP contribution in [0, 0.1) is 17.0 Å². The van der Waals surface area contributed by atoms with Gasteiger partial charge in [0.1, 0.15) is 6.33 Å². The SMILES string of the molecule is Cc1ccc(S(=O)(=O)c2ncn(-c3ccc([N+](=O)[O-])cc3)c2-c2ccccc2)cc1. The van der Waals surface area contributed by atoms with Crippen LogP contribution in [0.15, 0.2) is 95.1 Å². The molecule has 0 aliphatic heterocycles. The fraction of sp³-hybridized carbons (Fsp3) is 0.0455. The number of nitrogens with zero attached hydrogens (tertiary/aromatic N) is 3. The predicted octanol–water partition coefficient (Wildman–Crippen LogP) is 4.59. The number of rotatable bonds is 5. The quantitative estimate of drug-likeness (QED) is 0.348. The first-order valence-corrected chi connectivity index (χ1v) is 10.6. The topological polar surface area (TPSA) is 95.1 Å². The predicted molar refractivity (Wildman–Crippen MR) is 112 cm³/mol. The minimum absolute atomic E-state index is 0.0485. The van der Waals surface area contributed by atoms with Crippen LogP contribution in [0.4, 0.5) is 5.69 Å². The van der Waals surface area contributed by atoms with Gasteiger partial charge in [0.2, 0.25) is 9.84 Å². The van der Waals surface area contributed by atoms with Crippen LogP contribution in [0.3, 0.4) is 0 Å². The molecule has 0 unspecified atom stereocenters. The molecule has 0 aliphatic rings.